The van der Waals surface area contributed by atoms with Gasteiger partial charge in [-0.3, -0.25) is 4.79 Å². The Morgan fingerprint density at radius 2 is 2.15 bits per heavy atom. The van der Waals surface area contributed by atoms with Crippen LogP contribution in [0.2, 0.25) is 10.0 Å². The van der Waals surface area contributed by atoms with Crippen molar-refractivity contribution in [3.63, 3.8) is 0 Å². The fourth-order valence-electron chi connectivity index (χ4n) is 2.34. The minimum Gasteiger partial charge on any atom is -0.348 e. The lowest BCUT2D eigenvalue weighted by molar-refractivity contribution is -0.124. The molecule has 110 valence electrons. The van der Waals surface area contributed by atoms with Gasteiger partial charge < -0.3 is 10.6 Å². The number of hydrogen-bond donors (Lipinski definition) is 2. The Bertz CT molecular complexity index is 504. The Morgan fingerprint density at radius 1 is 1.40 bits per heavy atom. The van der Waals surface area contributed by atoms with Gasteiger partial charge in [-0.2, -0.15) is 0 Å². The number of nitrogens with one attached hydrogen (secondary N) is 2. The highest BCUT2D eigenvalue weighted by atomic mass is 35.5. The summed E-state index contributed by atoms with van der Waals surface area (Å²) in [6.45, 7) is 2.62. The van der Waals surface area contributed by atoms with E-state index in [0.29, 0.717) is 10.6 Å². The number of benzene rings is 1. The topological polar surface area (TPSA) is 41.1 Å². The Balaban J connectivity index is 2.05. The van der Waals surface area contributed by atoms with E-state index in [-0.39, 0.29) is 23.0 Å². The Hall–Kier alpha value is -0.840. The van der Waals surface area contributed by atoms with Gasteiger partial charge in [0.2, 0.25) is 5.91 Å². The summed E-state index contributed by atoms with van der Waals surface area (Å²) in [5, 5.41) is 6.35. The van der Waals surface area contributed by atoms with E-state index in [1.165, 1.54) is 12.1 Å². The third-order valence-electron chi connectivity index (χ3n) is 3.49. The maximum Gasteiger partial charge on any atom is 0.237 e. The van der Waals surface area contributed by atoms with Gasteiger partial charge in [0, 0.05) is 5.02 Å². The highest BCUT2D eigenvalue weighted by molar-refractivity contribution is 6.35. The molecule has 2 rings (SSSR count). The number of rotatable bonds is 3. The van der Waals surface area contributed by atoms with Gasteiger partial charge >= 0.3 is 0 Å². The third kappa shape index (κ3) is 3.62. The molecule has 1 saturated heterocycles. The molecule has 1 heterocycles. The highest BCUT2D eigenvalue weighted by Crippen LogP contribution is 2.28. The summed E-state index contributed by atoms with van der Waals surface area (Å²) in [7, 11) is 0. The monoisotopic (exact) mass is 318 g/mol. The molecule has 3 nitrogen and oxygen atoms in total. The van der Waals surface area contributed by atoms with Crippen molar-refractivity contribution in [3.8, 4) is 0 Å². The first-order chi connectivity index (χ1) is 9.49. The van der Waals surface area contributed by atoms with Crippen LogP contribution >= 0.6 is 23.2 Å². The number of hydrogen-bond acceptors (Lipinski definition) is 2. The van der Waals surface area contributed by atoms with Crippen LogP contribution < -0.4 is 10.6 Å². The summed E-state index contributed by atoms with van der Waals surface area (Å²) >= 11 is 11.7. The van der Waals surface area contributed by atoms with E-state index in [9.17, 15) is 9.18 Å². The van der Waals surface area contributed by atoms with E-state index in [1.807, 2.05) is 0 Å². The predicted octanol–water partition coefficient (Wildman–Crippen LogP) is 3.45. The molecule has 2 unspecified atom stereocenters. The van der Waals surface area contributed by atoms with Crippen LogP contribution in [0.3, 0.4) is 0 Å². The Labute approximate surface area is 127 Å². The minimum atomic E-state index is -0.539. The first kappa shape index (κ1) is 15.5. The molecule has 2 atom stereocenters. The second kappa shape index (κ2) is 6.74. The van der Waals surface area contributed by atoms with Gasteiger partial charge in [0.25, 0.3) is 0 Å². The van der Waals surface area contributed by atoms with E-state index >= 15 is 0 Å². The molecule has 0 spiro atoms. The molecule has 0 radical (unpaired) electrons. The Kier molecular flexibility index (Phi) is 5.24. The van der Waals surface area contributed by atoms with E-state index < -0.39 is 5.82 Å². The summed E-state index contributed by atoms with van der Waals surface area (Å²) in [5.74, 6) is -0.619. The molecular formula is C14H17Cl2FN2O. The quantitative estimate of drug-likeness (QED) is 0.838. The standard InChI is InChI=1S/C14H17Cl2FN2O/c1-8(9-6-12(17)11(16)7-10(9)15)19-14(20)13-4-2-3-5-18-13/h6-8,13,18H,2-5H2,1H3,(H,19,20). The summed E-state index contributed by atoms with van der Waals surface area (Å²) in [6.07, 6.45) is 2.95. The molecule has 1 aliphatic rings. The molecule has 0 aromatic heterocycles. The summed E-state index contributed by atoms with van der Waals surface area (Å²) in [6, 6.07) is 2.08. The largest absolute Gasteiger partial charge is 0.348 e. The highest BCUT2D eigenvalue weighted by Gasteiger charge is 2.23. The van der Waals surface area contributed by atoms with E-state index in [0.717, 1.165) is 25.8 Å². The van der Waals surface area contributed by atoms with Crippen LogP contribution in [0.15, 0.2) is 12.1 Å². The number of carbonyl (C=O) groups is 1. The first-order valence-electron chi connectivity index (χ1n) is 6.67. The summed E-state index contributed by atoms with van der Waals surface area (Å²) in [4.78, 5) is 12.1. The summed E-state index contributed by atoms with van der Waals surface area (Å²) in [5.41, 5.74) is 0.526. The van der Waals surface area contributed by atoms with Crippen LogP contribution in [0.4, 0.5) is 4.39 Å². The smallest absolute Gasteiger partial charge is 0.237 e. The van der Waals surface area contributed by atoms with Crippen LogP contribution in [0, 0.1) is 5.82 Å². The van der Waals surface area contributed by atoms with Gasteiger partial charge in [-0.05, 0) is 44.0 Å². The van der Waals surface area contributed by atoms with E-state index in [2.05, 4.69) is 10.6 Å². The lowest BCUT2D eigenvalue weighted by atomic mass is 10.0. The van der Waals surface area contributed by atoms with Crippen LogP contribution in [0.5, 0.6) is 0 Å². The first-order valence-corrected chi connectivity index (χ1v) is 7.43. The zero-order valence-electron chi connectivity index (χ0n) is 11.2. The summed E-state index contributed by atoms with van der Waals surface area (Å²) < 4.78 is 13.5. The van der Waals surface area contributed by atoms with Crippen LogP contribution in [-0.2, 0) is 4.79 Å². The van der Waals surface area contributed by atoms with Gasteiger partial charge in [-0.25, -0.2) is 4.39 Å². The molecule has 0 aliphatic carbocycles. The zero-order chi connectivity index (χ0) is 14.7. The van der Waals surface area contributed by atoms with Gasteiger partial charge in [0.05, 0.1) is 17.1 Å². The predicted molar refractivity (Wildman–Crippen MR) is 78.6 cm³/mol. The van der Waals surface area contributed by atoms with Crippen molar-refractivity contribution in [1.82, 2.24) is 10.6 Å². The third-order valence-corrected chi connectivity index (χ3v) is 4.11. The fourth-order valence-corrected chi connectivity index (χ4v) is 2.88. The molecule has 0 saturated carbocycles. The van der Waals surface area contributed by atoms with E-state index in [4.69, 9.17) is 23.2 Å². The lowest BCUT2D eigenvalue weighted by Crippen LogP contribution is -2.47. The van der Waals surface area contributed by atoms with Crippen LogP contribution in [0.25, 0.3) is 0 Å². The SMILES string of the molecule is CC(NC(=O)C1CCCCN1)c1cc(F)c(Cl)cc1Cl. The van der Waals surface area contributed by atoms with Gasteiger partial charge in [-0.15, -0.1) is 0 Å². The maximum atomic E-state index is 13.5. The minimum absolute atomic E-state index is 0.0220. The molecule has 1 aromatic rings. The molecule has 20 heavy (non-hydrogen) atoms. The van der Waals surface area contributed by atoms with Crippen molar-refractivity contribution in [1.29, 1.82) is 0 Å². The molecule has 0 bridgehead atoms. The molecule has 1 aromatic carbocycles. The van der Waals surface area contributed by atoms with Crippen molar-refractivity contribution >= 4 is 29.1 Å². The van der Waals surface area contributed by atoms with Gasteiger partial charge in [-0.1, -0.05) is 29.6 Å². The average Bonchev–Trinajstić information content (AvgIpc) is 2.43. The number of halogens is 3. The van der Waals surface area contributed by atoms with Crippen LogP contribution in [0.1, 0.15) is 37.8 Å². The van der Waals surface area contributed by atoms with Crippen LogP contribution in [-0.4, -0.2) is 18.5 Å². The Morgan fingerprint density at radius 3 is 2.80 bits per heavy atom. The van der Waals surface area contributed by atoms with Crippen molar-refractivity contribution in [2.45, 2.75) is 38.3 Å². The normalized spacial score (nSPS) is 20.5. The maximum absolute atomic E-state index is 13.5. The number of amides is 1. The molecule has 1 aliphatic heterocycles. The lowest BCUT2D eigenvalue weighted by Gasteiger charge is -2.25. The molecule has 1 fully saturated rings. The second-order valence-electron chi connectivity index (χ2n) is 5.02. The molecule has 2 N–H and O–H groups in total. The van der Waals surface area contributed by atoms with Gasteiger partial charge in [0.1, 0.15) is 5.82 Å². The van der Waals surface area contributed by atoms with E-state index in [1.54, 1.807) is 6.92 Å². The van der Waals surface area contributed by atoms with Crippen molar-refractivity contribution in [2.24, 2.45) is 0 Å². The number of carbonyl (C=O) groups excluding carboxylic acids is 1. The average molecular weight is 319 g/mol. The molecule has 1 amide bonds. The second-order valence-corrected chi connectivity index (χ2v) is 5.83. The van der Waals surface area contributed by atoms with Gasteiger partial charge in [0.15, 0.2) is 0 Å². The van der Waals surface area contributed by atoms with Crippen molar-refractivity contribution in [3.05, 3.63) is 33.6 Å². The molecular weight excluding hydrogens is 302 g/mol. The number of piperidine rings is 1. The van der Waals surface area contributed by atoms with Crippen molar-refractivity contribution in [2.75, 3.05) is 6.54 Å². The fraction of sp³-hybridized carbons (Fsp3) is 0.500. The molecule has 6 heteroatoms. The van der Waals surface area contributed by atoms with Crippen molar-refractivity contribution < 1.29 is 9.18 Å². The zero-order valence-corrected chi connectivity index (χ0v) is 12.7.